The van der Waals surface area contributed by atoms with Gasteiger partial charge in [-0.2, -0.15) is 0 Å². The average molecular weight is 306 g/mol. The van der Waals surface area contributed by atoms with E-state index in [4.69, 9.17) is 4.42 Å². The van der Waals surface area contributed by atoms with Crippen LogP contribution in [0.3, 0.4) is 0 Å². The molecule has 0 radical (unpaired) electrons. The third-order valence-electron chi connectivity index (χ3n) is 3.11. The molecule has 1 atom stereocenters. The maximum absolute atomic E-state index is 9.18. The minimum atomic E-state index is 0.00268. The summed E-state index contributed by atoms with van der Waals surface area (Å²) in [7, 11) is 0. The molecule has 4 heteroatoms. The van der Waals surface area contributed by atoms with Crippen molar-refractivity contribution in [1.82, 2.24) is 4.98 Å². The number of benzene rings is 1. The monoisotopic (exact) mass is 305 g/mol. The molecular formula is C14H12BrNO2. The van der Waals surface area contributed by atoms with Gasteiger partial charge in [0, 0.05) is 21.2 Å². The Labute approximate surface area is 113 Å². The summed E-state index contributed by atoms with van der Waals surface area (Å²) in [6.07, 6.45) is 1.73. The molecule has 0 saturated heterocycles. The van der Waals surface area contributed by atoms with Crippen LogP contribution in [0.2, 0.25) is 0 Å². The van der Waals surface area contributed by atoms with E-state index in [-0.39, 0.29) is 12.5 Å². The second-order valence-electron chi connectivity index (χ2n) is 4.43. The molecule has 1 unspecified atom stereocenters. The molecule has 18 heavy (non-hydrogen) atoms. The maximum Gasteiger partial charge on any atom is 0.153 e. The van der Waals surface area contributed by atoms with Gasteiger partial charge in [0.05, 0.1) is 18.3 Å². The highest BCUT2D eigenvalue weighted by Crippen LogP contribution is 2.30. The highest BCUT2D eigenvalue weighted by molar-refractivity contribution is 9.10. The lowest BCUT2D eigenvalue weighted by atomic mass is 10.1. The molecule has 3 nitrogen and oxygen atoms in total. The fraction of sp³-hybridized carbons (Fsp3) is 0.214. The van der Waals surface area contributed by atoms with Gasteiger partial charge in [0.15, 0.2) is 5.58 Å². The number of fused-ring (bicyclic) bond motifs is 3. The largest absolute Gasteiger partial charge is 0.459 e. The molecule has 2 aromatic heterocycles. The van der Waals surface area contributed by atoms with Gasteiger partial charge in [-0.15, -0.1) is 0 Å². The number of aliphatic hydroxyl groups excluding tert-OH is 1. The van der Waals surface area contributed by atoms with E-state index in [1.165, 1.54) is 0 Å². The van der Waals surface area contributed by atoms with Crippen molar-refractivity contribution >= 4 is 37.8 Å². The first-order chi connectivity index (χ1) is 8.69. The summed E-state index contributed by atoms with van der Waals surface area (Å²) in [5.41, 5.74) is 1.70. The van der Waals surface area contributed by atoms with Crippen LogP contribution >= 0.6 is 15.9 Å². The normalized spacial score (nSPS) is 13.3. The van der Waals surface area contributed by atoms with Gasteiger partial charge in [-0.1, -0.05) is 28.9 Å². The van der Waals surface area contributed by atoms with Crippen LogP contribution in [0.25, 0.3) is 21.9 Å². The summed E-state index contributed by atoms with van der Waals surface area (Å²) in [5, 5.41) is 11.3. The number of nitrogens with zero attached hydrogens (tertiary/aromatic N) is 1. The lowest BCUT2D eigenvalue weighted by molar-refractivity contribution is 0.259. The summed E-state index contributed by atoms with van der Waals surface area (Å²) in [4.78, 5) is 4.38. The van der Waals surface area contributed by atoms with Crippen LogP contribution < -0.4 is 0 Å². The van der Waals surface area contributed by atoms with Crippen LogP contribution in [0.15, 0.2) is 39.4 Å². The molecular weight excluding hydrogens is 294 g/mol. The van der Waals surface area contributed by atoms with Crippen molar-refractivity contribution in [3.8, 4) is 0 Å². The Hall–Kier alpha value is -1.39. The van der Waals surface area contributed by atoms with Crippen LogP contribution in [-0.2, 0) is 0 Å². The van der Waals surface area contributed by atoms with Gasteiger partial charge >= 0.3 is 0 Å². The van der Waals surface area contributed by atoms with Crippen molar-refractivity contribution in [2.45, 2.75) is 12.8 Å². The number of aromatic nitrogens is 1. The highest BCUT2D eigenvalue weighted by Gasteiger charge is 2.13. The molecule has 0 spiro atoms. The molecule has 0 fully saturated rings. The maximum atomic E-state index is 9.18. The zero-order valence-corrected chi connectivity index (χ0v) is 11.4. The first kappa shape index (κ1) is 11.7. The Bertz CT molecular complexity index is 720. The van der Waals surface area contributed by atoms with Gasteiger partial charge in [0.1, 0.15) is 5.76 Å². The molecule has 1 aromatic carbocycles. The lowest BCUT2D eigenvalue weighted by Gasteiger charge is -2.00. The van der Waals surface area contributed by atoms with Crippen molar-refractivity contribution in [2.24, 2.45) is 0 Å². The number of rotatable bonds is 2. The fourth-order valence-corrected chi connectivity index (χ4v) is 2.38. The van der Waals surface area contributed by atoms with Gasteiger partial charge < -0.3 is 9.52 Å². The molecule has 0 amide bonds. The van der Waals surface area contributed by atoms with Gasteiger partial charge in [0.2, 0.25) is 0 Å². The zero-order chi connectivity index (χ0) is 12.7. The summed E-state index contributed by atoms with van der Waals surface area (Å²) in [6.45, 7) is 2.01. The van der Waals surface area contributed by atoms with Crippen molar-refractivity contribution in [3.63, 3.8) is 0 Å². The van der Waals surface area contributed by atoms with Crippen LogP contribution in [-0.4, -0.2) is 16.7 Å². The molecule has 92 valence electrons. The second-order valence-corrected chi connectivity index (χ2v) is 5.35. The van der Waals surface area contributed by atoms with E-state index in [9.17, 15) is 5.11 Å². The van der Waals surface area contributed by atoms with E-state index < -0.39 is 0 Å². The van der Waals surface area contributed by atoms with Crippen molar-refractivity contribution in [1.29, 1.82) is 0 Å². The summed E-state index contributed by atoms with van der Waals surface area (Å²) in [5.74, 6) is 0.799. The topological polar surface area (TPSA) is 46.3 Å². The van der Waals surface area contributed by atoms with Crippen molar-refractivity contribution in [2.75, 3.05) is 6.61 Å². The van der Waals surface area contributed by atoms with Crippen LogP contribution in [0.4, 0.5) is 0 Å². The van der Waals surface area contributed by atoms with Crippen LogP contribution in [0.5, 0.6) is 0 Å². The summed E-state index contributed by atoms with van der Waals surface area (Å²) < 4.78 is 6.73. The molecule has 0 aliphatic heterocycles. The van der Waals surface area contributed by atoms with E-state index in [0.29, 0.717) is 0 Å². The molecule has 3 aromatic rings. The van der Waals surface area contributed by atoms with E-state index >= 15 is 0 Å². The Morgan fingerprint density at radius 3 is 2.94 bits per heavy atom. The lowest BCUT2D eigenvalue weighted by Crippen LogP contribution is -1.95. The minimum absolute atomic E-state index is 0.00268. The first-order valence-corrected chi connectivity index (χ1v) is 6.57. The number of aliphatic hydroxyl groups is 1. The number of pyridine rings is 1. The Kier molecular flexibility index (Phi) is 2.84. The number of hydrogen-bond acceptors (Lipinski definition) is 3. The van der Waals surface area contributed by atoms with Crippen molar-refractivity contribution in [3.05, 3.63) is 40.7 Å². The zero-order valence-electron chi connectivity index (χ0n) is 9.85. The average Bonchev–Trinajstić information content (AvgIpc) is 2.81. The third kappa shape index (κ3) is 1.82. The quantitative estimate of drug-likeness (QED) is 0.782. The summed E-state index contributed by atoms with van der Waals surface area (Å²) in [6, 6.07) is 7.99. The molecule has 2 heterocycles. The van der Waals surface area contributed by atoms with Gasteiger partial charge in [-0.05, 0) is 18.2 Å². The molecule has 0 saturated carbocycles. The standard InChI is InChI=1S/C14H12BrNO2/c1-8(7-17)13-5-11-10-3-2-9(15)4-12(10)16-6-14(11)18-13/h2-6,8,17H,7H2,1H3. The van der Waals surface area contributed by atoms with Gasteiger partial charge in [-0.25, -0.2) is 0 Å². The summed E-state index contributed by atoms with van der Waals surface area (Å²) >= 11 is 3.44. The van der Waals surface area contributed by atoms with E-state index in [1.807, 2.05) is 31.2 Å². The van der Waals surface area contributed by atoms with Crippen LogP contribution in [0.1, 0.15) is 18.6 Å². The number of furan rings is 1. The molecule has 0 aliphatic rings. The van der Waals surface area contributed by atoms with Gasteiger partial charge in [0.25, 0.3) is 0 Å². The smallest absolute Gasteiger partial charge is 0.153 e. The predicted molar refractivity (Wildman–Crippen MR) is 74.7 cm³/mol. The van der Waals surface area contributed by atoms with E-state index in [1.54, 1.807) is 6.20 Å². The number of halogens is 1. The van der Waals surface area contributed by atoms with Crippen molar-refractivity contribution < 1.29 is 9.52 Å². The Morgan fingerprint density at radius 1 is 1.33 bits per heavy atom. The van der Waals surface area contributed by atoms with Gasteiger partial charge in [-0.3, -0.25) is 4.98 Å². The number of hydrogen-bond donors (Lipinski definition) is 1. The Balaban J connectivity index is 2.30. The highest BCUT2D eigenvalue weighted by atomic mass is 79.9. The predicted octanol–water partition coefficient (Wildman–Crippen LogP) is 3.84. The molecule has 0 bridgehead atoms. The molecule has 3 rings (SSSR count). The fourth-order valence-electron chi connectivity index (χ4n) is 2.03. The second kappa shape index (κ2) is 4.37. The van der Waals surface area contributed by atoms with Crippen LogP contribution in [0, 0.1) is 0 Å². The first-order valence-electron chi connectivity index (χ1n) is 5.77. The van der Waals surface area contributed by atoms with E-state index in [0.717, 1.165) is 32.1 Å². The third-order valence-corrected chi connectivity index (χ3v) is 3.60. The molecule has 0 aliphatic carbocycles. The van der Waals surface area contributed by atoms with E-state index in [2.05, 4.69) is 20.9 Å². The molecule has 1 N–H and O–H groups in total. The Morgan fingerprint density at radius 2 is 2.17 bits per heavy atom. The minimum Gasteiger partial charge on any atom is -0.459 e. The SMILES string of the molecule is CC(CO)c1cc2c(cnc3cc(Br)ccc32)o1.